The lowest BCUT2D eigenvalue weighted by molar-refractivity contribution is -0.124. The lowest BCUT2D eigenvalue weighted by atomic mass is 9.95. The Kier molecular flexibility index (Phi) is 5.58. The highest BCUT2D eigenvalue weighted by Crippen LogP contribution is 2.24. The number of carbonyl (C=O) groups is 2. The summed E-state index contributed by atoms with van der Waals surface area (Å²) in [5.41, 5.74) is 7.24. The van der Waals surface area contributed by atoms with Crippen molar-refractivity contribution in [3.05, 3.63) is 28.2 Å². The zero-order valence-corrected chi connectivity index (χ0v) is 14.5. The van der Waals surface area contributed by atoms with Crippen LogP contribution in [0.1, 0.15) is 25.3 Å². The molecule has 6 heteroatoms. The summed E-state index contributed by atoms with van der Waals surface area (Å²) >= 11 is 3.46. The number of amides is 2. The van der Waals surface area contributed by atoms with Crippen molar-refractivity contribution in [2.45, 2.75) is 32.7 Å². The van der Waals surface area contributed by atoms with E-state index in [0.29, 0.717) is 0 Å². The summed E-state index contributed by atoms with van der Waals surface area (Å²) in [4.78, 5) is 25.7. The number of likely N-dealkylation sites (tertiary alicyclic amines) is 1. The molecule has 0 spiro atoms. The maximum Gasteiger partial charge on any atom is 0.241 e. The van der Waals surface area contributed by atoms with Crippen molar-refractivity contribution in [2.75, 3.05) is 18.4 Å². The first-order valence-corrected chi connectivity index (χ1v) is 8.28. The van der Waals surface area contributed by atoms with E-state index >= 15 is 0 Å². The van der Waals surface area contributed by atoms with E-state index in [1.807, 2.05) is 32.0 Å². The molecule has 1 saturated heterocycles. The highest BCUT2D eigenvalue weighted by Gasteiger charge is 2.28. The van der Waals surface area contributed by atoms with Gasteiger partial charge in [-0.05, 0) is 73.4 Å². The van der Waals surface area contributed by atoms with E-state index in [9.17, 15) is 9.59 Å². The predicted octanol–water partition coefficient (Wildman–Crippen LogP) is 2.28. The third-order valence-electron chi connectivity index (χ3n) is 4.24. The lowest BCUT2D eigenvalue weighted by Crippen LogP contribution is -2.47. The fraction of sp³-hybridized carbons (Fsp3) is 0.500. The minimum atomic E-state index is -0.236. The average molecular weight is 368 g/mol. The number of primary amides is 1. The van der Waals surface area contributed by atoms with Gasteiger partial charge in [-0.2, -0.15) is 0 Å². The van der Waals surface area contributed by atoms with E-state index < -0.39 is 0 Å². The van der Waals surface area contributed by atoms with Crippen molar-refractivity contribution in [3.63, 3.8) is 0 Å². The molecule has 5 nitrogen and oxygen atoms in total. The third kappa shape index (κ3) is 4.08. The second-order valence-electron chi connectivity index (χ2n) is 5.86. The summed E-state index contributed by atoms with van der Waals surface area (Å²) < 4.78 is 0.875. The van der Waals surface area contributed by atoms with Gasteiger partial charge in [0.05, 0.1) is 11.7 Å². The molecule has 1 fully saturated rings. The Morgan fingerprint density at radius 2 is 2.00 bits per heavy atom. The number of anilines is 1. The SMILES string of the molecule is Cc1ccc(NC(=O)C(C)N2CCC(C(N)=O)CC2)c(Br)c1. The molecule has 0 saturated carbocycles. The molecule has 1 aromatic rings. The standard InChI is InChI=1S/C16H22BrN3O2/c1-10-3-4-14(13(17)9-10)19-16(22)11(2)20-7-5-12(6-8-20)15(18)21/h3-4,9,11-12H,5-8H2,1-2H3,(H2,18,21)(H,19,22). The Morgan fingerprint density at radius 3 is 2.55 bits per heavy atom. The molecule has 0 aliphatic carbocycles. The molecule has 0 bridgehead atoms. The number of piperidine rings is 1. The Labute approximate surface area is 139 Å². The smallest absolute Gasteiger partial charge is 0.241 e. The van der Waals surface area contributed by atoms with Crippen molar-refractivity contribution in [1.29, 1.82) is 0 Å². The first-order chi connectivity index (χ1) is 10.4. The zero-order valence-electron chi connectivity index (χ0n) is 12.9. The van der Waals surface area contributed by atoms with Gasteiger partial charge >= 0.3 is 0 Å². The molecular formula is C16H22BrN3O2. The Bertz CT molecular complexity index is 569. The van der Waals surface area contributed by atoms with E-state index in [-0.39, 0.29) is 23.8 Å². The maximum atomic E-state index is 12.4. The van der Waals surface area contributed by atoms with Crippen LogP contribution >= 0.6 is 15.9 Å². The van der Waals surface area contributed by atoms with Crippen LogP contribution in [-0.2, 0) is 9.59 Å². The zero-order chi connectivity index (χ0) is 16.3. The van der Waals surface area contributed by atoms with Gasteiger partial charge in [0.1, 0.15) is 0 Å². The number of rotatable bonds is 4. The average Bonchev–Trinajstić information content (AvgIpc) is 2.49. The van der Waals surface area contributed by atoms with Crippen LogP contribution in [0, 0.1) is 12.8 Å². The van der Waals surface area contributed by atoms with Crippen LogP contribution in [0.25, 0.3) is 0 Å². The minimum Gasteiger partial charge on any atom is -0.369 e. The Hall–Kier alpha value is -1.40. The molecule has 2 rings (SSSR count). The van der Waals surface area contributed by atoms with Gasteiger partial charge in [-0.3, -0.25) is 14.5 Å². The quantitative estimate of drug-likeness (QED) is 0.856. The number of nitrogens with zero attached hydrogens (tertiary/aromatic N) is 1. The van der Waals surface area contributed by atoms with Crippen molar-refractivity contribution in [2.24, 2.45) is 11.7 Å². The molecule has 3 N–H and O–H groups in total. The highest BCUT2D eigenvalue weighted by atomic mass is 79.9. The molecule has 1 atom stereocenters. The number of hydrogen-bond acceptors (Lipinski definition) is 3. The number of nitrogens with two attached hydrogens (primary N) is 1. The van der Waals surface area contributed by atoms with E-state index in [1.165, 1.54) is 0 Å². The second kappa shape index (κ2) is 7.24. The minimum absolute atomic E-state index is 0.0397. The van der Waals surface area contributed by atoms with E-state index in [0.717, 1.165) is 41.7 Å². The van der Waals surface area contributed by atoms with E-state index in [2.05, 4.69) is 26.1 Å². The van der Waals surface area contributed by atoms with Crippen LogP contribution in [-0.4, -0.2) is 35.8 Å². The molecule has 1 heterocycles. The third-order valence-corrected chi connectivity index (χ3v) is 4.90. The van der Waals surface area contributed by atoms with Gasteiger partial charge in [0, 0.05) is 10.4 Å². The molecule has 1 unspecified atom stereocenters. The van der Waals surface area contributed by atoms with Gasteiger partial charge in [0.15, 0.2) is 0 Å². The van der Waals surface area contributed by atoms with Crippen molar-refractivity contribution >= 4 is 33.4 Å². The number of nitrogens with one attached hydrogen (secondary N) is 1. The normalized spacial score (nSPS) is 18.0. The Morgan fingerprint density at radius 1 is 1.36 bits per heavy atom. The van der Waals surface area contributed by atoms with Crippen LogP contribution in [0.5, 0.6) is 0 Å². The summed E-state index contributed by atoms with van der Waals surface area (Å²) in [6, 6.07) is 5.59. The molecule has 120 valence electrons. The van der Waals surface area contributed by atoms with Gasteiger partial charge in [0.25, 0.3) is 0 Å². The fourth-order valence-electron chi connectivity index (χ4n) is 2.70. The molecule has 0 aromatic heterocycles. The molecule has 2 amide bonds. The highest BCUT2D eigenvalue weighted by molar-refractivity contribution is 9.10. The van der Waals surface area contributed by atoms with Gasteiger partial charge in [-0.15, -0.1) is 0 Å². The van der Waals surface area contributed by atoms with Crippen LogP contribution in [0.3, 0.4) is 0 Å². The van der Waals surface area contributed by atoms with Crippen LogP contribution in [0.4, 0.5) is 5.69 Å². The molecule has 1 aliphatic rings. The largest absolute Gasteiger partial charge is 0.369 e. The van der Waals surface area contributed by atoms with Gasteiger partial charge in [-0.25, -0.2) is 0 Å². The number of benzene rings is 1. The maximum absolute atomic E-state index is 12.4. The number of halogens is 1. The summed E-state index contributed by atoms with van der Waals surface area (Å²) in [6.45, 7) is 5.33. The number of carbonyl (C=O) groups excluding carboxylic acids is 2. The topological polar surface area (TPSA) is 75.4 Å². The van der Waals surface area contributed by atoms with Crippen molar-refractivity contribution < 1.29 is 9.59 Å². The molecule has 1 aliphatic heterocycles. The van der Waals surface area contributed by atoms with Crippen LogP contribution in [0.2, 0.25) is 0 Å². The summed E-state index contributed by atoms with van der Waals surface area (Å²) in [5.74, 6) is -0.333. The van der Waals surface area contributed by atoms with Crippen LogP contribution < -0.4 is 11.1 Å². The second-order valence-corrected chi connectivity index (χ2v) is 6.72. The lowest BCUT2D eigenvalue weighted by Gasteiger charge is -2.34. The van der Waals surface area contributed by atoms with Crippen molar-refractivity contribution in [3.8, 4) is 0 Å². The number of hydrogen-bond donors (Lipinski definition) is 2. The number of aryl methyl sites for hydroxylation is 1. The summed E-state index contributed by atoms with van der Waals surface area (Å²) in [7, 11) is 0. The fourth-order valence-corrected chi connectivity index (χ4v) is 3.29. The van der Waals surface area contributed by atoms with Gasteiger partial charge in [-0.1, -0.05) is 6.07 Å². The molecule has 22 heavy (non-hydrogen) atoms. The van der Waals surface area contributed by atoms with Gasteiger partial charge in [0.2, 0.25) is 11.8 Å². The molecular weight excluding hydrogens is 346 g/mol. The van der Waals surface area contributed by atoms with Crippen molar-refractivity contribution in [1.82, 2.24) is 4.90 Å². The van der Waals surface area contributed by atoms with E-state index in [1.54, 1.807) is 0 Å². The summed E-state index contributed by atoms with van der Waals surface area (Å²) in [6.07, 6.45) is 1.45. The first kappa shape index (κ1) is 17.0. The monoisotopic (exact) mass is 367 g/mol. The summed E-state index contributed by atoms with van der Waals surface area (Å²) in [5, 5.41) is 2.95. The Balaban J connectivity index is 1.94. The van der Waals surface area contributed by atoms with E-state index in [4.69, 9.17) is 5.73 Å². The van der Waals surface area contributed by atoms with Gasteiger partial charge < -0.3 is 11.1 Å². The predicted molar refractivity (Wildman–Crippen MR) is 90.5 cm³/mol. The first-order valence-electron chi connectivity index (χ1n) is 7.49. The molecule has 0 radical (unpaired) electrons. The van der Waals surface area contributed by atoms with Crippen LogP contribution in [0.15, 0.2) is 22.7 Å². The molecule has 1 aromatic carbocycles.